The molecule has 0 spiro atoms. The van der Waals surface area contributed by atoms with Crippen molar-refractivity contribution in [1.29, 1.82) is 0 Å². The second-order valence-electron chi connectivity index (χ2n) is 6.31. The first kappa shape index (κ1) is 16.0. The van der Waals surface area contributed by atoms with E-state index in [-0.39, 0.29) is 12.4 Å². The van der Waals surface area contributed by atoms with Gasteiger partial charge in [-0.15, -0.1) is 12.4 Å². The molecule has 2 aliphatic heterocycles. The van der Waals surface area contributed by atoms with Crippen molar-refractivity contribution >= 4 is 34.9 Å². The van der Waals surface area contributed by atoms with Gasteiger partial charge in [-0.05, 0) is 61.7 Å². The van der Waals surface area contributed by atoms with Crippen molar-refractivity contribution in [2.24, 2.45) is 11.8 Å². The molecular weight excluding hydrogens is 317 g/mol. The van der Waals surface area contributed by atoms with E-state index in [4.69, 9.17) is 11.6 Å². The summed E-state index contributed by atoms with van der Waals surface area (Å²) in [5.41, 5.74) is 2.34. The molecule has 5 heteroatoms. The van der Waals surface area contributed by atoms with E-state index in [9.17, 15) is 0 Å². The van der Waals surface area contributed by atoms with Crippen LogP contribution in [-0.4, -0.2) is 36.1 Å². The molecule has 0 saturated carbocycles. The van der Waals surface area contributed by atoms with Crippen molar-refractivity contribution < 1.29 is 0 Å². The Morgan fingerprint density at radius 3 is 3.00 bits per heavy atom. The highest BCUT2D eigenvalue weighted by Crippen LogP contribution is 2.29. The van der Waals surface area contributed by atoms with Crippen LogP contribution < -0.4 is 5.32 Å². The van der Waals surface area contributed by atoms with Gasteiger partial charge in [-0.3, -0.25) is 9.88 Å². The Balaban J connectivity index is 0.00000144. The molecule has 0 aliphatic carbocycles. The fourth-order valence-electron chi connectivity index (χ4n) is 3.82. The molecule has 118 valence electrons. The van der Waals surface area contributed by atoms with Crippen molar-refractivity contribution in [2.45, 2.75) is 13.0 Å². The minimum atomic E-state index is 0. The molecular formula is C17H21Cl2N3. The third-order valence-corrected chi connectivity index (χ3v) is 5.31. The molecule has 0 bridgehead atoms. The zero-order chi connectivity index (χ0) is 14.2. The average molecular weight is 338 g/mol. The van der Waals surface area contributed by atoms with Gasteiger partial charge >= 0.3 is 0 Å². The van der Waals surface area contributed by atoms with Gasteiger partial charge in [-0.25, -0.2) is 0 Å². The van der Waals surface area contributed by atoms with Gasteiger partial charge in [0.1, 0.15) is 0 Å². The Hall–Kier alpha value is -0.870. The Kier molecular flexibility index (Phi) is 4.88. The number of nitrogens with zero attached hydrogens (tertiary/aromatic N) is 2. The quantitative estimate of drug-likeness (QED) is 0.910. The number of aromatic nitrogens is 1. The molecule has 2 saturated heterocycles. The number of nitrogens with one attached hydrogen (secondary N) is 1. The molecule has 0 amide bonds. The summed E-state index contributed by atoms with van der Waals surface area (Å²) in [6.07, 6.45) is 3.17. The SMILES string of the molecule is Cl.Clc1ccc(CN2CCC3CNCC3C2)c2ncccc12. The summed E-state index contributed by atoms with van der Waals surface area (Å²) in [6.45, 7) is 5.77. The lowest BCUT2D eigenvalue weighted by molar-refractivity contribution is 0.142. The smallest absolute Gasteiger partial charge is 0.0761 e. The van der Waals surface area contributed by atoms with E-state index in [1.54, 1.807) is 0 Å². The third-order valence-electron chi connectivity index (χ3n) is 4.98. The maximum absolute atomic E-state index is 6.28. The van der Waals surface area contributed by atoms with E-state index in [0.29, 0.717) is 0 Å². The lowest BCUT2D eigenvalue weighted by atomic mass is 9.88. The number of halogens is 2. The predicted molar refractivity (Wildman–Crippen MR) is 93.7 cm³/mol. The number of piperidine rings is 1. The summed E-state index contributed by atoms with van der Waals surface area (Å²) in [6, 6.07) is 8.15. The topological polar surface area (TPSA) is 28.2 Å². The van der Waals surface area contributed by atoms with Crippen molar-refractivity contribution in [3.63, 3.8) is 0 Å². The van der Waals surface area contributed by atoms with Crippen LogP contribution in [-0.2, 0) is 6.54 Å². The van der Waals surface area contributed by atoms with Crippen LogP contribution in [0, 0.1) is 11.8 Å². The second-order valence-corrected chi connectivity index (χ2v) is 6.72. The molecule has 3 heterocycles. The average Bonchev–Trinajstić information content (AvgIpc) is 2.98. The summed E-state index contributed by atoms with van der Waals surface area (Å²) >= 11 is 6.28. The van der Waals surface area contributed by atoms with Crippen LogP contribution in [0.5, 0.6) is 0 Å². The molecule has 2 aliphatic rings. The molecule has 2 aromatic rings. The molecule has 1 aromatic carbocycles. The zero-order valence-corrected chi connectivity index (χ0v) is 14.0. The first-order chi connectivity index (χ1) is 10.3. The van der Waals surface area contributed by atoms with E-state index < -0.39 is 0 Å². The summed E-state index contributed by atoms with van der Waals surface area (Å²) in [5, 5.41) is 5.39. The molecule has 1 aromatic heterocycles. The molecule has 0 radical (unpaired) electrons. The number of rotatable bonds is 2. The van der Waals surface area contributed by atoms with Crippen LogP contribution in [0.3, 0.4) is 0 Å². The first-order valence-electron chi connectivity index (χ1n) is 7.76. The molecule has 22 heavy (non-hydrogen) atoms. The van der Waals surface area contributed by atoms with Gasteiger partial charge in [-0.2, -0.15) is 0 Å². The number of hydrogen-bond acceptors (Lipinski definition) is 3. The summed E-state index contributed by atoms with van der Waals surface area (Å²) in [5.74, 6) is 1.71. The lowest BCUT2D eigenvalue weighted by Gasteiger charge is -2.34. The Labute approximate surface area is 142 Å². The maximum atomic E-state index is 6.28. The van der Waals surface area contributed by atoms with Gasteiger partial charge in [0.15, 0.2) is 0 Å². The van der Waals surface area contributed by atoms with Gasteiger partial charge in [0.25, 0.3) is 0 Å². The van der Waals surface area contributed by atoms with Crippen LogP contribution in [0.2, 0.25) is 5.02 Å². The van der Waals surface area contributed by atoms with Crippen LogP contribution in [0.15, 0.2) is 30.5 Å². The Morgan fingerprint density at radius 2 is 2.09 bits per heavy atom. The Bertz CT molecular complexity index is 661. The third kappa shape index (κ3) is 2.95. The van der Waals surface area contributed by atoms with Gasteiger partial charge in [0, 0.05) is 29.7 Å². The molecule has 2 atom stereocenters. The standard InChI is InChI=1S/C17H20ClN3.ClH/c18-16-4-3-13(17-15(16)2-1-6-20-17)10-21-7-5-12-8-19-9-14(12)11-21;/h1-4,6,12,14,19H,5,7-11H2;1H. The molecule has 3 nitrogen and oxygen atoms in total. The highest BCUT2D eigenvalue weighted by Gasteiger charge is 2.32. The normalized spacial score (nSPS) is 25.0. The van der Waals surface area contributed by atoms with Crippen LogP contribution in [0.25, 0.3) is 10.9 Å². The van der Waals surface area contributed by atoms with Crippen molar-refractivity contribution in [1.82, 2.24) is 15.2 Å². The number of fused-ring (bicyclic) bond motifs is 2. The van der Waals surface area contributed by atoms with Gasteiger partial charge in [-0.1, -0.05) is 17.7 Å². The van der Waals surface area contributed by atoms with Crippen molar-refractivity contribution in [3.8, 4) is 0 Å². The van der Waals surface area contributed by atoms with Gasteiger partial charge in [0.05, 0.1) is 5.52 Å². The number of pyridine rings is 1. The van der Waals surface area contributed by atoms with Crippen molar-refractivity contribution in [2.75, 3.05) is 26.2 Å². The first-order valence-corrected chi connectivity index (χ1v) is 8.14. The summed E-state index contributed by atoms with van der Waals surface area (Å²) < 4.78 is 0. The molecule has 2 unspecified atom stereocenters. The summed E-state index contributed by atoms with van der Waals surface area (Å²) in [4.78, 5) is 7.13. The minimum Gasteiger partial charge on any atom is -0.316 e. The fourth-order valence-corrected chi connectivity index (χ4v) is 4.03. The van der Waals surface area contributed by atoms with E-state index in [1.165, 1.54) is 38.2 Å². The van der Waals surface area contributed by atoms with E-state index in [1.807, 2.05) is 18.3 Å². The largest absolute Gasteiger partial charge is 0.316 e. The van der Waals surface area contributed by atoms with E-state index in [2.05, 4.69) is 27.3 Å². The van der Waals surface area contributed by atoms with E-state index in [0.717, 1.165) is 34.3 Å². The maximum Gasteiger partial charge on any atom is 0.0761 e. The highest BCUT2D eigenvalue weighted by atomic mass is 35.5. The predicted octanol–water partition coefficient (Wildman–Crippen LogP) is 3.35. The minimum absolute atomic E-state index is 0. The van der Waals surface area contributed by atoms with Crippen molar-refractivity contribution in [3.05, 3.63) is 41.0 Å². The Morgan fingerprint density at radius 1 is 1.23 bits per heavy atom. The van der Waals surface area contributed by atoms with Crippen LogP contribution in [0.1, 0.15) is 12.0 Å². The second kappa shape index (κ2) is 6.71. The summed E-state index contributed by atoms with van der Waals surface area (Å²) in [7, 11) is 0. The van der Waals surface area contributed by atoms with Gasteiger partial charge < -0.3 is 5.32 Å². The number of likely N-dealkylation sites (tertiary alicyclic amines) is 1. The van der Waals surface area contributed by atoms with Crippen LogP contribution >= 0.6 is 24.0 Å². The molecule has 4 rings (SSSR count). The molecule has 2 fully saturated rings. The monoisotopic (exact) mass is 337 g/mol. The zero-order valence-electron chi connectivity index (χ0n) is 12.5. The van der Waals surface area contributed by atoms with E-state index >= 15 is 0 Å². The number of hydrogen-bond donors (Lipinski definition) is 1. The molecule has 1 N–H and O–H groups in total. The highest BCUT2D eigenvalue weighted by molar-refractivity contribution is 6.35. The fraction of sp³-hybridized carbons (Fsp3) is 0.471. The number of benzene rings is 1. The van der Waals surface area contributed by atoms with Crippen LogP contribution in [0.4, 0.5) is 0 Å². The lowest BCUT2D eigenvalue weighted by Crippen LogP contribution is -2.39. The van der Waals surface area contributed by atoms with Gasteiger partial charge in [0.2, 0.25) is 0 Å².